The van der Waals surface area contributed by atoms with Crippen LogP contribution in [0.4, 0.5) is 0 Å². The SMILES string of the molecule is CNCCN(C)C(=O)C(C)OCC1CCCO1.Cl. The second-order valence-electron chi connectivity index (χ2n) is 4.47. The highest BCUT2D eigenvalue weighted by atomic mass is 35.5. The lowest BCUT2D eigenvalue weighted by Crippen LogP contribution is -2.40. The van der Waals surface area contributed by atoms with Crippen molar-refractivity contribution in [3.05, 3.63) is 0 Å². The number of hydrogen-bond acceptors (Lipinski definition) is 4. The molecule has 1 fully saturated rings. The van der Waals surface area contributed by atoms with Gasteiger partial charge in [-0.25, -0.2) is 0 Å². The van der Waals surface area contributed by atoms with Gasteiger partial charge in [-0.15, -0.1) is 12.4 Å². The Labute approximate surface area is 116 Å². The monoisotopic (exact) mass is 280 g/mol. The molecule has 2 unspecified atom stereocenters. The topological polar surface area (TPSA) is 50.8 Å². The van der Waals surface area contributed by atoms with Crippen LogP contribution in [-0.4, -0.2) is 63.4 Å². The van der Waals surface area contributed by atoms with Crippen LogP contribution < -0.4 is 5.32 Å². The summed E-state index contributed by atoms with van der Waals surface area (Å²) < 4.78 is 11.0. The molecule has 1 heterocycles. The van der Waals surface area contributed by atoms with Crippen LogP contribution in [0.1, 0.15) is 19.8 Å². The predicted octanol–water partition coefficient (Wildman–Crippen LogP) is 0.670. The van der Waals surface area contributed by atoms with Crippen molar-refractivity contribution in [1.82, 2.24) is 10.2 Å². The zero-order valence-corrected chi connectivity index (χ0v) is 12.3. The second kappa shape index (κ2) is 9.55. The fraction of sp³-hybridized carbons (Fsp3) is 0.917. The van der Waals surface area contributed by atoms with Gasteiger partial charge in [0.05, 0.1) is 12.7 Å². The first-order valence-corrected chi connectivity index (χ1v) is 6.28. The van der Waals surface area contributed by atoms with Crippen molar-refractivity contribution in [3.8, 4) is 0 Å². The molecular weight excluding hydrogens is 256 g/mol. The third-order valence-corrected chi connectivity index (χ3v) is 2.98. The molecule has 0 aromatic heterocycles. The molecule has 6 heteroatoms. The first-order chi connectivity index (χ1) is 8.15. The van der Waals surface area contributed by atoms with E-state index < -0.39 is 0 Å². The molecule has 1 rings (SSSR count). The number of carbonyl (C=O) groups excluding carboxylic acids is 1. The molecule has 5 nitrogen and oxygen atoms in total. The van der Waals surface area contributed by atoms with E-state index in [4.69, 9.17) is 9.47 Å². The third kappa shape index (κ3) is 6.00. The molecule has 0 aromatic carbocycles. The molecule has 1 aliphatic heterocycles. The number of hydrogen-bond donors (Lipinski definition) is 1. The summed E-state index contributed by atoms with van der Waals surface area (Å²) in [6.07, 6.45) is 1.92. The first kappa shape index (κ1) is 17.6. The molecule has 1 amide bonds. The van der Waals surface area contributed by atoms with Gasteiger partial charge in [0, 0.05) is 26.7 Å². The number of halogens is 1. The van der Waals surface area contributed by atoms with Crippen LogP contribution in [0.25, 0.3) is 0 Å². The zero-order chi connectivity index (χ0) is 12.7. The highest BCUT2D eigenvalue weighted by Crippen LogP contribution is 2.13. The molecule has 1 N–H and O–H groups in total. The van der Waals surface area contributed by atoms with Gasteiger partial charge in [0.15, 0.2) is 0 Å². The van der Waals surface area contributed by atoms with Gasteiger partial charge in [-0.2, -0.15) is 0 Å². The minimum Gasteiger partial charge on any atom is -0.376 e. The van der Waals surface area contributed by atoms with E-state index in [9.17, 15) is 4.79 Å². The normalized spacial score (nSPS) is 20.3. The molecule has 0 spiro atoms. The average molecular weight is 281 g/mol. The van der Waals surface area contributed by atoms with Crippen molar-refractivity contribution < 1.29 is 14.3 Å². The number of ether oxygens (including phenoxy) is 2. The number of amides is 1. The Morgan fingerprint density at radius 1 is 1.61 bits per heavy atom. The molecule has 108 valence electrons. The van der Waals surface area contributed by atoms with Gasteiger partial charge >= 0.3 is 0 Å². The lowest BCUT2D eigenvalue weighted by Gasteiger charge is -2.22. The lowest BCUT2D eigenvalue weighted by atomic mass is 10.2. The summed E-state index contributed by atoms with van der Waals surface area (Å²) in [6, 6.07) is 0. The molecular formula is C12H25ClN2O3. The van der Waals surface area contributed by atoms with Gasteiger partial charge in [-0.1, -0.05) is 0 Å². The van der Waals surface area contributed by atoms with Gasteiger partial charge in [0.1, 0.15) is 6.10 Å². The Morgan fingerprint density at radius 2 is 2.33 bits per heavy atom. The van der Waals surface area contributed by atoms with Crippen LogP contribution in [0.15, 0.2) is 0 Å². The summed E-state index contributed by atoms with van der Waals surface area (Å²) in [5, 5.41) is 3.01. The number of rotatable bonds is 7. The molecule has 0 saturated carbocycles. The molecule has 0 aromatic rings. The quantitative estimate of drug-likeness (QED) is 0.745. The van der Waals surface area contributed by atoms with E-state index in [1.165, 1.54) is 0 Å². The number of likely N-dealkylation sites (N-methyl/N-ethyl adjacent to an activating group) is 2. The van der Waals surface area contributed by atoms with Crippen LogP contribution in [0.5, 0.6) is 0 Å². The van der Waals surface area contributed by atoms with Crippen LogP contribution >= 0.6 is 12.4 Å². The molecule has 2 atom stereocenters. The van der Waals surface area contributed by atoms with E-state index in [-0.39, 0.29) is 30.5 Å². The maximum absolute atomic E-state index is 11.9. The molecule has 18 heavy (non-hydrogen) atoms. The van der Waals surface area contributed by atoms with E-state index >= 15 is 0 Å². The van der Waals surface area contributed by atoms with Crippen molar-refractivity contribution in [2.24, 2.45) is 0 Å². The smallest absolute Gasteiger partial charge is 0.251 e. The summed E-state index contributed by atoms with van der Waals surface area (Å²) >= 11 is 0. The Hall–Kier alpha value is -0.360. The summed E-state index contributed by atoms with van der Waals surface area (Å²) in [7, 11) is 3.67. The molecule has 0 radical (unpaired) electrons. The summed E-state index contributed by atoms with van der Waals surface area (Å²) in [6.45, 7) is 4.63. The fourth-order valence-electron chi connectivity index (χ4n) is 1.80. The van der Waals surface area contributed by atoms with Crippen LogP contribution in [0.2, 0.25) is 0 Å². The highest BCUT2D eigenvalue weighted by molar-refractivity contribution is 5.85. The minimum absolute atomic E-state index is 0. The summed E-state index contributed by atoms with van der Waals surface area (Å²) in [4.78, 5) is 13.6. The van der Waals surface area contributed by atoms with Crippen molar-refractivity contribution in [2.75, 3.05) is 40.4 Å². The number of nitrogens with one attached hydrogen (secondary N) is 1. The van der Waals surface area contributed by atoms with E-state index in [0.717, 1.165) is 26.0 Å². The first-order valence-electron chi connectivity index (χ1n) is 6.28. The van der Waals surface area contributed by atoms with Gasteiger partial charge < -0.3 is 19.7 Å². The zero-order valence-electron chi connectivity index (χ0n) is 11.5. The standard InChI is InChI=1S/C12H24N2O3.ClH/c1-10(12(15)14(3)7-6-13-2)17-9-11-5-4-8-16-11;/h10-11,13H,4-9H2,1-3H3;1H. The van der Waals surface area contributed by atoms with Crippen LogP contribution in [-0.2, 0) is 14.3 Å². The maximum Gasteiger partial charge on any atom is 0.251 e. The molecule has 0 aliphatic carbocycles. The van der Waals surface area contributed by atoms with Crippen molar-refractivity contribution in [2.45, 2.75) is 32.0 Å². The highest BCUT2D eigenvalue weighted by Gasteiger charge is 2.21. The maximum atomic E-state index is 11.9. The lowest BCUT2D eigenvalue weighted by molar-refractivity contribution is -0.143. The second-order valence-corrected chi connectivity index (χ2v) is 4.47. The number of carbonyl (C=O) groups is 1. The Bertz CT molecular complexity index is 235. The van der Waals surface area contributed by atoms with Crippen LogP contribution in [0.3, 0.4) is 0 Å². The van der Waals surface area contributed by atoms with Gasteiger partial charge in [0.25, 0.3) is 5.91 Å². The third-order valence-electron chi connectivity index (χ3n) is 2.98. The Kier molecular flexibility index (Phi) is 9.36. The fourth-order valence-corrected chi connectivity index (χ4v) is 1.80. The molecule has 1 aliphatic rings. The Balaban J connectivity index is 0.00000289. The predicted molar refractivity (Wildman–Crippen MR) is 73.2 cm³/mol. The Morgan fingerprint density at radius 3 is 2.89 bits per heavy atom. The van der Waals surface area contributed by atoms with E-state index in [2.05, 4.69) is 5.32 Å². The summed E-state index contributed by atoms with van der Waals surface area (Å²) in [5.74, 6) is 0.0262. The molecule has 0 bridgehead atoms. The summed E-state index contributed by atoms with van der Waals surface area (Å²) in [5.41, 5.74) is 0. The van der Waals surface area contributed by atoms with Gasteiger partial charge in [0.2, 0.25) is 0 Å². The number of nitrogens with zero attached hydrogens (tertiary/aromatic N) is 1. The van der Waals surface area contributed by atoms with Crippen molar-refractivity contribution in [1.29, 1.82) is 0 Å². The minimum atomic E-state index is -0.388. The van der Waals surface area contributed by atoms with Gasteiger partial charge in [-0.3, -0.25) is 4.79 Å². The van der Waals surface area contributed by atoms with Crippen LogP contribution in [0, 0.1) is 0 Å². The average Bonchev–Trinajstić information content (AvgIpc) is 2.85. The van der Waals surface area contributed by atoms with E-state index in [0.29, 0.717) is 13.2 Å². The molecule has 1 saturated heterocycles. The largest absolute Gasteiger partial charge is 0.376 e. The van der Waals surface area contributed by atoms with E-state index in [1.54, 1.807) is 18.9 Å². The van der Waals surface area contributed by atoms with Gasteiger partial charge in [-0.05, 0) is 26.8 Å². The van der Waals surface area contributed by atoms with Crippen molar-refractivity contribution >= 4 is 18.3 Å². The van der Waals surface area contributed by atoms with E-state index in [1.807, 2.05) is 7.05 Å². The van der Waals surface area contributed by atoms with Crippen molar-refractivity contribution in [3.63, 3.8) is 0 Å².